The normalized spacial score (nSPS) is 11.1. The highest BCUT2D eigenvalue weighted by Gasteiger charge is 2.01. The zero-order valence-corrected chi connectivity index (χ0v) is 10.3. The lowest BCUT2D eigenvalue weighted by molar-refractivity contribution is 0.278. The maximum Gasteiger partial charge on any atom is 0.00216 e. The Hall–Kier alpha value is -0.820. The SMILES string of the molecule is C=CC=CC(=C)CCN(CCC)CCC. The van der Waals surface area contributed by atoms with Crippen LogP contribution >= 0.6 is 0 Å². The van der Waals surface area contributed by atoms with Crippen LogP contribution in [0.3, 0.4) is 0 Å². The van der Waals surface area contributed by atoms with E-state index < -0.39 is 0 Å². The van der Waals surface area contributed by atoms with Crippen LogP contribution in [-0.4, -0.2) is 24.5 Å². The van der Waals surface area contributed by atoms with Crippen LogP contribution in [0, 0.1) is 0 Å². The lowest BCUT2D eigenvalue weighted by Gasteiger charge is -2.20. The minimum absolute atomic E-state index is 1.06. The monoisotopic (exact) mass is 207 g/mol. The van der Waals surface area contributed by atoms with E-state index in [1.807, 2.05) is 12.2 Å². The van der Waals surface area contributed by atoms with Gasteiger partial charge in [-0.15, -0.1) is 0 Å². The first-order chi connectivity index (χ1) is 7.24. The van der Waals surface area contributed by atoms with E-state index in [9.17, 15) is 0 Å². The highest BCUT2D eigenvalue weighted by molar-refractivity contribution is 5.18. The van der Waals surface area contributed by atoms with Crippen LogP contribution in [0.5, 0.6) is 0 Å². The summed E-state index contributed by atoms with van der Waals surface area (Å²) in [5.74, 6) is 0. The quantitative estimate of drug-likeness (QED) is 0.520. The third-order valence-corrected chi connectivity index (χ3v) is 2.30. The Morgan fingerprint density at radius 2 is 1.73 bits per heavy atom. The molecule has 15 heavy (non-hydrogen) atoms. The van der Waals surface area contributed by atoms with Gasteiger partial charge in [0.1, 0.15) is 0 Å². The van der Waals surface area contributed by atoms with Crippen molar-refractivity contribution >= 4 is 0 Å². The van der Waals surface area contributed by atoms with E-state index in [-0.39, 0.29) is 0 Å². The molecule has 0 aliphatic heterocycles. The minimum Gasteiger partial charge on any atom is -0.303 e. The topological polar surface area (TPSA) is 3.24 Å². The fourth-order valence-corrected chi connectivity index (χ4v) is 1.56. The first-order valence-corrected chi connectivity index (χ1v) is 5.93. The molecule has 1 nitrogen and oxygen atoms in total. The summed E-state index contributed by atoms with van der Waals surface area (Å²) in [6.45, 7) is 15.7. The molecule has 1 heteroatoms. The molecule has 0 aliphatic carbocycles. The van der Waals surface area contributed by atoms with Crippen LogP contribution in [-0.2, 0) is 0 Å². The van der Waals surface area contributed by atoms with Crippen molar-refractivity contribution in [1.82, 2.24) is 4.90 Å². The molecular weight excluding hydrogens is 182 g/mol. The van der Waals surface area contributed by atoms with Crippen molar-refractivity contribution in [2.24, 2.45) is 0 Å². The van der Waals surface area contributed by atoms with Crippen LogP contribution in [0.25, 0.3) is 0 Å². The second-order valence-electron chi connectivity index (χ2n) is 3.84. The smallest absolute Gasteiger partial charge is 0.00216 e. The molecule has 0 rings (SSSR count). The highest BCUT2D eigenvalue weighted by atomic mass is 15.1. The van der Waals surface area contributed by atoms with Gasteiger partial charge in [-0.05, 0) is 32.4 Å². The van der Waals surface area contributed by atoms with Gasteiger partial charge in [-0.3, -0.25) is 0 Å². The second-order valence-corrected chi connectivity index (χ2v) is 3.84. The van der Waals surface area contributed by atoms with Crippen molar-refractivity contribution < 1.29 is 0 Å². The van der Waals surface area contributed by atoms with Crippen molar-refractivity contribution in [3.63, 3.8) is 0 Å². The maximum atomic E-state index is 4.02. The Morgan fingerprint density at radius 3 is 2.20 bits per heavy atom. The highest BCUT2D eigenvalue weighted by Crippen LogP contribution is 2.04. The van der Waals surface area contributed by atoms with E-state index in [4.69, 9.17) is 0 Å². The lowest BCUT2D eigenvalue weighted by atomic mass is 10.2. The van der Waals surface area contributed by atoms with Crippen LogP contribution < -0.4 is 0 Å². The van der Waals surface area contributed by atoms with Crippen LogP contribution in [0.15, 0.2) is 37.0 Å². The van der Waals surface area contributed by atoms with Crippen LogP contribution in [0.1, 0.15) is 33.1 Å². The van der Waals surface area contributed by atoms with Crippen molar-refractivity contribution in [2.45, 2.75) is 33.1 Å². The van der Waals surface area contributed by atoms with Gasteiger partial charge in [-0.2, -0.15) is 0 Å². The van der Waals surface area contributed by atoms with E-state index in [2.05, 4.69) is 31.9 Å². The molecule has 0 heterocycles. The summed E-state index contributed by atoms with van der Waals surface area (Å²) in [6.07, 6.45) is 9.31. The van der Waals surface area contributed by atoms with E-state index in [0.717, 1.165) is 13.0 Å². The summed E-state index contributed by atoms with van der Waals surface area (Å²) >= 11 is 0. The molecule has 0 amide bonds. The van der Waals surface area contributed by atoms with Crippen molar-refractivity contribution in [1.29, 1.82) is 0 Å². The van der Waals surface area contributed by atoms with E-state index >= 15 is 0 Å². The molecule has 0 atom stereocenters. The fourth-order valence-electron chi connectivity index (χ4n) is 1.56. The second kappa shape index (κ2) is 9.72. The summed E-state index contributed by atoms with van der Waals surface area (Å²) < 4.78 is 0. The Bertz CT molecular complexity index is 197. The molecular formula is C14H25N. The van der Waals surface area contributed by atoms with Gasteiger partial charge in [-0.25, -0.2) is 0 Å². The fraction of sp³-hybridized carbons (Fsp3) is 0.571. The van der Waals surface area contributed by atoms with Gasteiger partial charge < -0.3 is 4.90 Å². The maximum absolute atomic E-state index is 4.02. The van der Waals surface area contributed by atoms with Gasteiger partial charge in [0.25, 0.3) is 0 Å². The molecule has 0 aromatic heterocycles. The summed E-state index contributed by atoms with van der Waals surface area (Å²) in [5.41, 5.74) is 1.19. The first kappa shape index (κ1) is 14.2. The molecule has 0 bridgehead atoms. The van der Waals surface area contributed by atoms with Gasteiger partial charge in [0, 0.05) is 6.54 Å². The molecule has 0 N–H and O–H groups in total. The number of rotatable bonds is 9. The largest absolute Gasteiger partial charge is 0.303 e. The third-order valence-electron chi connectivity index (χ3n) is 2.30. The Kier molecular flexibility index (Phi) is 9.19. The van der Waals surface area contributed by atoms with Crippen LogP contribution in [0.2, 0.25) is 0 Å². The Balaban J connectivity index is 3.81. The Morgan fingerprint density at radius 1 is 1.13 bits per heavy atom. The number of allylic oxidation sites excluding steroid dienone is 3. The molecule has 0 spiro atoms. The number of nitrogens with zero attached hydrogens (tertiary/aromatic N) is 1. The molecule has 0 radical (unpaired) electrons. The molecule has 0 saturated heterocycles. The van der Waals surface area contributed by atoms with Crippen molar-refractivity contribution in [2.75, 3.05) is 19.6 Å². The van der Waals surface area contributed by atoms with Gasteiger partial charge in [0.15, 0.2) is 0 Å². The molecule has 0 fully saturated rings. The van der Waals surface area contributed by atoms with Crippen molar-refractivity contribution in [3.8, 4) is 0 Å². The zero-order valence-electron chi connectivity index (χ0n) is 10.3. The minimum atomic E-state index is 1.06. The lowest BCUT2D eigenvalue weighted by Crippen LogP contribution is -2.26. The summed E-state index contributed by atoms with van der Waals surface area (Å²) in [7, 11) is 0. The summed E-state index contributed by atoms with van der Waals surface area (Å²) in [6, 6.07) is 0. The predicted octanol–water partition coefficient (Wildman–Crippen LogP) is 3.80. The van der Waals surface area contributed by atoms with Gasteiger partial charge >= 0.3 is 0 Å². The summed E-state index contributed by atoms with van der Waals surface area (Å²) in [5, 5.41) is 0. The number of hydrogen-bond acceptors (Lipinski definition) is 1. The van der Waals surface area contributed by atoms with Gasteiger partial charge in [0.05, 0.1) is 0 Å². The summed E-state index contributed by atoms with van der Waals surface area (Å²) in [4.78, 5) is 2.51. The number of hydrogen-bond donors (Lipinski definition) is 0. The third kappa shape index (κ3) is 8.19. The molecule has 0 aromatic carbocycles. The zero-order chi connectivity index (χ0) is 11.5. The first-order valence-electron chi connectivity index (χ1n) is 5.93. The molecule has 0 unspecified atom stereocenters. The molecule has 0 aromatic rings. The standard InChI is InChI=1S/C14H25N/c1-5-8-9-14(4)10-13-15(11-6-2)12-7-3/h5,8-9H,1,4,6-7,10-13H2,2-3H3. The van der Waals surface area contributed by atoms with E-state index in [0.29, 0.717) is 0 Å². The van der Waals surface area contributed by atoms with Crippen LogP contribution in [0.4, 0.5) is 0 Å². The van der Waals surface area contributed by atoms with E-state index in [1.54, 1.807) is 6.08 Å². The van der Waals surface area contributed by atoms with Gasteiger partial charge in [0.2, 0.25) is 0 Å². The Labute approximate surface area is 95.2 Å². The molecule has 0 aliphatic rings. The molecule has 86 valence electrons. The van der Waals surface area contributed by atoms with Gasteiger partial charge in [-0.1, -0.05) is 50.8 Å². The van der Waals surface area contributed by atoms with E-state index in [1.165, 1.54) is 31.5 Å². The molecule has 0 saturated carbocycles. The van der Waals surface area contributed by atoms with Crippen molar-refractivity contribution in [3.05, 3.63) is 37.0 Å². The predicted molar refractivity (Wildman–Crippen MR) is 70.1 cm³/mol. The average Bonchev–Trinajstić information content (AvgIpc) is 2.23. The average molecular weight is 207 g/mol.